The van der Waals surface area contributed by atoms with E-state index >= 15 is 0 Å². The van der Waals surface area contributed by atoms with Crippen LogP contribution >= 0.6 is 0 Å². The number of aromatic nitrogens is 3. The smallest absolute Gasteiger partial charge is 0.338 e. The van der Waals surface area contributed by atoms with Crippen molar-refractivity contribution in [1.29, 1.82) is 5.26 Å². The molecule has 0 aliphatic carbocycles. The Morgan fingerprint density at radius 3 is 2.73 bits per heavy atom. The minimum Gasteiger partial charge on any atom is -0.463 e. The Labute approximate surface area is 150 Å². The van der Waals surface area contributed by atoms with E-state index in [0.717, 1.165) is 11.3 Å². The molecule has 0 saturated carbocycles. The van der Waals surface area contributed by atoms with Crippen molar-refractivity contribution in [2.45, 2.75) is 19.8 Å². The van der Waals surface area contributed by atoms with Crippen LogP contribution in [0.4, 0.5) is 0 Å². The molecule has 8 nitrogen and oxygen atoms in total. The first-order valence-electron chi connectivity index (χ1n) is 7.97. The normalized spacial score (nSPS) is 16.9. The number of hydrogen-bond donors (Lipinski definition) is 1. The fraction of sp³-hybridized carbons (Fsp3) is 0.222. The number of nitriles is 1. The molecule has 26 heavy (non-hydrogen) atoms. The highest BCUT2D eigenvalue weighted by Crippen LogP contribution is 2.39. The Morgan fingerprint density at radius 2 is 2.15 bits per heavy atom. The summed E-state index contributed by atoms with van der Waals surface area (Å²) < 4.78 is 12.1. The number of hydrogen-bond acceptors (Lipinski definition) is 7. The average Bonchev–Trinajstić information content (AvgIpc) is 3.16. The zero-order valence-electron chi connectivity index (χ0n) is 14.3. The van der Waals surface area contributed by atoms with E-state index in [4.69, 9.17) is 15.2 Å². The van der Waals surface area contributed by atoms with Crippen molar-refractivity contribution in [2.24, 2.45) is 5.73 Å². The Bertz CT molecular complexity index is 921. The second-order valence-electron chi connectivity index (χ2n) is 5.55. The molecule has 132 valence electrons. The molecule has 1 atom stereocenters. The lowest BCUT2D eigenvalue weighted by Gasteiger charge is -2.26. The molecule has 1 unspecified atom stereocenters. The number of carbonyl (C=O) groups excluding carboxylic acids is 1. The average molecular weight is 351 g/mol. The molecule has 0 saturated heterocycles. The van der Waals surface area contributed by atoms with Crippen LogP contribution in [0.1, 0.15) is 25.3 Å². The van der Waals surface area contributed by atoms with Crippen LogP contribution in [0.3, 0.4) is 0 Å². The van der Waals surface area contributed by atoms with Crippen molar-refractivity contribution in [1.82, 2.24) is 14.8 Å². The quantitative estimate of drug-likeness (QED) is 0.836. The van der Waals surface area contributed by atoms with Crippen LogP contribution in [-0.4, -0.2) is 27.3 Å². The zero-order chi connectivity index (χ0) is 18.7. The van der Waals surface area contributed by atoms with Crippen LogP contribution in [-0.2, 0) is 14.3 Å². The van der Waals surface area contributed by atoms with Crippen molar-refractivity contribution in [2.75, 3.05) is 6.61 Å². The van der Waals surface area contributed by atoms with Gasteiger partial charge in [-0.15, -0.1) is 0 Å². The Kier molecular flexibility index (Phi) is 4.71. The van der Waals surface area contributed by atoms with E-state index in [1.165, 1.54) is 6.33 Å². The first kappa shape index (κ1) is 17.2. The number of nitrogens with two attached hydrogens (primary N) is 1. The van der Waals surface area contributed by atoms with Crippen LogP contribution in [0.2, 0.25) is 0 Å². The minimum absolute atomic E-state index is 0.0107. The van der Waals surface area contributed by atoms with Crippen LogP contribution in [0.5, 0.6) is 0 Å². The van der Waals surface area contributed by atoms with Gasteiger partial charge in [0.25, 0.3) is 0 Å². The Hall–Kier alpha value is -3.60. The lowest BCUT2D eigenvalue weighted by atomic mass is 9.83. The molecule has 2 aromatic rings. The maximum absolute atomic E-state index is 12.5. The van der Waals surface area contributed by atoms with Crippen molar-refractivity contribution < 1.29 is 14.3 Å². The van der Waals surface area contributed by atoms with Gasteiger partial charge in [-0.05, 0) is 31.5 Å². The van der Waals surface area contributed by atoms with Crippen LogP contribution in [0, 0.1) is 11.3 Å². The van der Waals surface area contributed by atoms with E-state index < -0.39 is 11.9 Å². The Morgan fingerprint density at radius 1 is 1.42 bits per heavy atom. The van der Waals surface area contributed by atoms with Gasteiger partial charge in [-0.1, -0.05) is 12.1 Å². The standard InChI is InChI=1S/C18H17N5O3/c1-3-25-18(24)15-11(2)26-17(20)14(8-19)16(15)12-4-6-13(7-5-12)23-10-21-9-22-23/h4-7,9-10,16H,3,20H2,1-2H3. The number of rotatable bonds is 4. The molecule has 1 aliphatic rings. The first-order valence-corrected chi connectivity index (χ1v) is 7.97. The largest absolute Gasteiger partial charge is 0.463 e. The van der Waals surface area contributed by atoms with Gasteiger partial charge in [0.1, 0.15) is 30.1 Å². The van der Waals surface area contributed by atoms with E-state index in [-0.39, 0.29) is 23.6 Å². The van der Waals surface area contributed by atoms with Gasteiger partial charge in [0.2, 0.25) is 5.88 Å². The highest BCUT2D eigenvalue weighted by atomic mass is 16.5. The molecule has 8 heteroatoms. The summed E-state index contributed by atoms with van der Waals surface area (Å²) >= 11 is 0. The maximum atomic E-state index is 12.5. The molecule has 1 aromatic heterocycles. The summed E-state index contributed by atoms with van der Waals surface area (Å²) in [6, 6.07) is 9.32. The third kappa shape index (κ3) is 3.02. The molecule has 3 rings (SSSR count). The second kappa shape index (κ2) is 7.11. The van der Waals surface area contributed by atoms with Crippen molar-refractivity contribution >= 4 is 5.97 Å². The van der Waals surface area contributed by atoms with Gasteiger partial charge in [-0.25, -0.2) is 14.5 Å². The minimum atomic E-state index is -0.655. The van der Waals surface area contributed by atoms with Crippen LogP contribution < -0.4 is 5.73 Å². The van der Waals surface area contributed by atoms with E-state index in [9.17, 15) is 10.1 Å². The van der Waals surface area contributed by atoms with Crippen LogP contribution in [0.25, 0.3) is 5.69 Å². The summed E-state index contributed by atoms with van der Waals surface area (Å²) in [7, 11) is 0. The second-order valence-corrected chi connectivity index (χ2v) is 5.55. The number of benzene rings is 1. The van der Waals surface area contributed by atoms with Crippen molar-refractivity contribution in [3.8, 4) is 11.8 Å². The molecule has 0 radical (unpaired) electrons. The van der Waals surface area contributed by atoms with Crippen LogP contribution in [0.15, 0.2) is 59.7 Å². The number of esters is 1. The van der Waals surface area contributed by atoms with E-state index in [1.807, 2.05) is 24.3 Å². The van der Waals surface area contributed by atoms with E-state index in [1.54, 1.807) is 24.9 Å². The van der Waals surface area contributed by atoms with Gasteiger partial charge < -0.3 is 15.2 Å². The molecule has 0 bridgehead atoms. The lowest BCUT2D eigenvalue weighted by Crippen LogP contribution is -2.25. The van der Waals surface area contributed by atoms with Gasteiger partial charge >= 0.3 is 5.97 Å². The first-order chi connectivity index (χ1) is 12.6. The molecular weight excluding hydrogens is 334 g/mol. The highest BCUT2D eigenvalue weighted by molar-refractivity contribution is 5.92. The van der Waals surface area contributed by atoms with Crippen molar-refractivity contribution in [3.63, 3.8) is 0 Å². The summed E-state index contributed by atoms with van der Waals surface area (Å²) in [5, 5.41) is 13.6. The monoisotopic (exact) mass is 351 g/mol. The molecule has 0 fully saturated rings. The summed E-state index contributed by atoms with van der Waals surface area (Å²) in [5.41, 5.74) is 7.84. The molecule has 0 spiro atoms. The fourth-order valence-corrected chi connectivity index (χ4v) is 2.85. The van der Waals surface area contributed by atoms with Gasteiger partial charge in [0.05, 0.1) is 23.8 Å². The third-order valence-corrected chi connectivity index (χ3v) is 4.01. The van der Waals surface area contributed by atoms with E-state index in [0.29, 0.717) is 5.76 Å². The van der Waals surface area contributed by atoms with Crippen molar-refractivity contribution in [3.05, 3.63) is 65.3 Å². The maximum Gasteiger partial charge on any atom is 0.338 e. The molecular formula is C18H17N5O3. The predicted octanol–water partition coefficient (Wildman–Crippen LogP) is 1.91. The van der Waals surface area contributed by atoms with E-state index in [2.05, 4.69) is 16.2 Å². The van der Waals surface area contributed by atoms with Gasteiger partial charge in [-0.3, -0.25) is 0 Å². The summed E-state index contributed by atoms with van der Waals surface area (Å²) in [5.74, 6) is -0.873. The molecule has 0 amide bonds. The lowest BCUT2D eigenvalue weighted by molar-refractivity contribution is -0.139. The number of nitrogens with zero attached hydrogens (tertiary/aromatic N) is 4. The topological polar surface area (TPSA) is 116 Å². The molecule has 1 aromatic carbocycles. The van der Waals surface area contributed by atoms with Gasteiger partial charge in [-0.2, -0.15) is 10.4 Å². The molecule has 2 N–H and O–H groups in total. The summed E-state index contributed by atoms with van der Waals surface area (Å²) in [6.45, 7) is 3.56. The SMILES string of the molecule is CCOC(=O)C1=C(C)OC(N)=C(C#N)C1c1ccc(-n2cncn2)cc1. The number of allylic oxidation sites excluding steroid dienone is 2. The van der Waals surface area contributed by atoms with Gasteiger partial charge in [0, 0.05) is 0 Å². The predicted molar refractivity (Wildman–Crippen MR) is 91.3 cm³/mol. The number of ether oxygens (including phenoxy) is 2. The zero-order valence-corrected chi connectivity index (χ0v) is 14.3. The van der Waals surface area contributed by atoms with Gasteiger partial charge in [0.15, 0.2) is 0 Å². The summed E-state index contributed by atoms with van der Waals surface area (Å²) in [4.78, 5) is 16.4. The fourth-order valence-electron chi connectivity index (χ4n) is 2.85. The number of carbonyl (C=O) groups is 1. The summed E-state index contributed by atoms with van der Waals surface area (Å²) in [6.07, 6.45) is 3.02. The highest BCUT2D eigenvalue weighted by Gasteiger charge is 2.36. The molecule has 1 aliphatic heterocycles. The third-order valence-electron chi connectivity index (χ3n) is 4.01. The molecule has 2 heterocycles. The Balaban J connectivity index is 2.06.